The molecule has 5 nitrogen and oxygen atoms in total. The van der Waals surface area contributed by atoms with E-state index >= 15 is 0 Å². The molecular weight excluding hydrogens is 390 g/mol. The lowest BCUT2D eigenvalue weighted by Gasteiger charge is -2.10. The molecule has 0 aliphatic carbocycles. The molecule has 0 unspecified atom stereocenters. The van der Waals surface area contributed by atoms with E-state index in [0.717, 1.165) is 14.2 Å². The third-order valence-electron chi connectivity index (χ3n) is 3.08. The monoisotopic (exact) mass is 399 g/mol. The van der Waals surface area contributed by atoms with E-state index in [-0.39, 0.29) is 5.69 Å². The molecule has 0 amide bonds. The van der Waals surface area contributed by atoms with Crippen molar-refractivity contribution in [2.75, 3.05) is 7.11 Å². The van der Waals surface area contributed by atoms with Crippen LogP contribution in [0.3, 0.4) is 0 Å². The smallest absolute Gasteiger partial charge is 0.348 e. The number of methoxy groups -OCH3 is 1. The number of thiophene rings is 1. The summed E-state index contributed by atoms with van der Waals surface area (Å²) in [6.45, 7) is 1.86. The number of H-pyrrole nitrogens is 1. The zero-order valence-electron chi connectivity index (χ0n) is 11.7. The number of aryl methyl sites for hydroxylation is 1. The number of benzene rings is 1. The van der Waals surface area contributed by atoms with Gasteiger partial charge in [0.1, 0.15) is 11.4 Å². The first kappa shape index (κ1) is 15.3. The fraction of sp³-hybridized carbons (Fsp3) is 0.143. The summed E-state index contributed by atoms with van der Waals surface area (Å²) in [4.78, 5) is 15.9. The van der Waals surface area contributed by atoms with Crippen molar-refractivity contribution in [3.8, 4) is 22.1 Å². The topological polar surface area (TPSA) is 59.9 Å². The highest BCUT2D eigenvalue weighted by Crippen LogP contribution is 2.31. The lowest BCUT2D eigenvalue weighted by Crippen LogP contribution is -2.17. The number of halogens is 2. The molecule has 2 aromatic heterocycles. The Kier molecular flexibility index (Phi) is 4.12. The molecule has 8 heteroatoms. The summed E-state index contributed by atoms with van der Waals surface area (Å²) in [5.74, 6) is 1.07. The summed E-state index contributed by atoms with van der Waals surface area (Å²) in [5, 5.41) is 4.87. The van der Waals surface area contributed by atoms with Crippen molar-refractivity contribution in [3.05, 3.63) is 49.1 Å². The van der Waals surface area contributed by atoms with Crippen LogP contribution in [0.15, 0.2) is 32.8 Å². The van der Waals surface area contributed by atoms with E-state index in [1.165, 1.54) is 16.0 Å². The van der Waals surface area contributed by atoms with Gasteiger partial charge < -0.3 is 4.74 Å². The molecule has 3 rings (SSSR count). The molecule has 0 fully saturated rings. The van der Waals surface area contributed by atoms with Crippen LogP contribution in [0.1, 0.15) is 5.56 Å². The average molecular weight is 401 g/mol. The lowest BCUT2D eigenvalue weighted by molar-refractivity contribution is 0.408. The van der Waals surface area contributed by atoms with Crippen LogP contribution in [0, 0.1) is 6.92 Å². The van der Waals surface area contributed by atoms with Crippen LogP contribution < -0.4 is 10.4 Å². The number of hydrogen-bond donors (Lipinski definition) is 1. The summed E-state index contributed by atoms with van der Waals surface area (Å²) in [6, 6.07) is 7.22. The number of nitrogens with one attached hydrogen (secondary N) is 1. The SMILES string of the molecule is COc1c(C)cc(Cl)cc1-n1nc(-c2ccc(Br)s2)[nH]c1=O. The normalized spacial score (nSPS) is 10.9. The Hall–Kier alpha value is -1.57. The number of ether oxygens (including phenoxy) is 1. The number of hydrogen-bond acceptors (Lipinski definition) is 4. The van der Waals surface area contributed by atoms with Gasteiger partial charge in [-0.05, 0) is 52.7 Å². The van der Waals surface area contributed by atoms with E-state index in [9.17, 15) is 4.79 Å². The van der Waals surface area contributed by atoms with Gasteiger partial charge in [-0.25, -0.2) is 4.79 Å². The van der Waals surface area contributed by atoms with Crippen LogP contribution in [0.25, 0.3) is 16.4 Å². The van der Waals surface area contributed by atoms with Gasteiger partial charge in [-0.15, -0.1) is 16.4 Å². The molecule has 0 bridgehead atoms. The molecule has 0 saturated heterocycles. The Bertz CT molecular complexity index is 900. The van der Waals surface area contributed by atoms with Gasteiger partial charge in [0, 0.05) is 5.02 Å². The highest BCUT2D eigenvalue weighted by molar-refractivity contribution is 9.11. The zero-order chi connectivity index (χ0) is 15.9. The molecule has 3 aromatic rings. The molecular formula is C14H11BrClN3O2S. The predicted molar refractivity (Wildman–Crippen MR) is 91.5 cm³/mol. The third kappa shape index (κ3) is 2.71. The van der Waals surface area contributed by atoms with E-state index in [1.54, 1.807) is 19.2 Å². The standard InChI is InChI=1S/C14H11BrClN3O2S/c1-7-5-8(16)6-9(12(7)21-2)19-14(20)17-13(18-19)10-3-4-11(15)22-10/h3-6H,1-2H3,(H,17,18,20). The van der Waals surface area contributed by atoms with Crippen molar-refractivity contribution >= 4 is 38.9 Å². The molecule has 22 heavy (non-hydrogen) atoms. The molecule has 0 atom stereocenters. The first-order valence-corrected chi connectivity index (χ1v) is 8.28. The zero-order valence-corrected chi connectivity index (χ0v) is 14.8. The Morgan fingerprint density at radius 3 is 2.82 bits per heavy atom. The Morgan fingerprint density at radius 2 is 2.18 bits per heavy atom. The van der Waals surface area contributed by atoms with Crippen LogP contribution >= 0.6 is 38.9 Å². The van der Waals surface area contributed by atoms with E-state index in [0.29, 0.717) is 22.3 Å². The van der Waals surface area contributed by atoms with Gasteiger partial charge in [0.25, 0.3) is 0 Å². The van der Waals surface area contributed by atoms with Gasteiger partial charge in [-0.1, -0.05) is 11.6 Å². The van der Waals surface area contributed by atoms with Gasteiger partial charge in [0.05, 0.1) is 15.8 Å². The summed E-state index contributed by atoms with van der Waals surface area (Å²) >= 11 is 11.0. The summed E-state index contributed by atoms with van der Waals surface area (Å²) in [7, 11) is 1.55. The highest BCUT2D eigenvalue weighted by atomic mass is 79.9. The van der Waals surface area contributed by atoms with Crippen LogP contribution in [0.4, 0.5) is 0 Å². The molecule has 0 aliphatic heterocycles. The van der Waals surface area contributed by atoms with Crippen molar-refractivity contribution in [2.24, 2.45) is 0 Å². The first-order chi connectivity index (χ1) is 10.5. The minimum absolute atomic E-state index is 0.348. The van der Waals surface area contributed by atoms with Gasteiger partial charge in [-0.2, -0.15) is 4.68 Å². The number of aromatic nitrogens is 3. The largest absolute Gasteiger partial charge is 0.494 e. The quantitative estimate of drug-likeness (QED) is 0.722. The van der Waals surface area contributed by atoms with Crippen LogP contribution in [-0.4, -0.2) is 21.9 Å². The molecule has 1 aromatic carbocycles. The second kappa shape index (κ2) is 5.91. The van der Waals surface area contributed by atoms with Crippen molar-refractivity contribution in [2.45, 2.75) is 6.92 Å². The van der Waals surface area contributed by atoms with E-state index in [2.05, 4.69) is 26.0 Å². The van der Waals surface area contributed by atoms with Crippen molar-refractivity contribution in [3.63, 3.8) is 0 Å². The Labute approximate surface area is 143 Å². The van der Waals surface area contributed by atoms with Crippen LogP contribution in [0.5, 0.6) is 5.75 Å². The predicted octanol–water partition coefficient (Wildman–Crippen LogP) is 4.02. The second-order valence-corrected chi connectivity index (χ2v) is 7.47. The Morgan fingerprint density at radius 1 is 1.41 bits per heavy atom. The molecule has 0 spiro atoms. The van der Waals surface area contributed by atoms with Gasteiger partial charge >= 0.3 is 5.69 Å². The van der Waals surface area contributed by atoms with Crippen molar-refractivity contribution < 1.29 is 4.74 Å². The fourth-order valence-electron chi connectivity index (χ4n) is 2.18. The highest BCUT2D eigenvalue weighted by Gasteiger charge is 2.16. The van der Waals surface area contributed by atoms with Crippen molar-refractivity contribution in [1.82, 2.24) is 14.8 Å². The number of rotatable bonds is 3. The average Bonchev–Trinajstić information content (AvgIpc) is 3.04. The van der Waals surface area contributed by atoms with Gasteiger partial charge in [0.15, 0.2) is 5.82 Å². The summed E-state index contributed by atoms with van der Waals surface area (Å²) in [6.07, 6.45) is 0. The van der Waals surface area contributed by atoms with Crippen molar-refractivity contribution in [1.29, 1.82) is 0 Å². The number of nitrogens with zero attached hydrogens (tertiary/aromatic N) is 2. The molecule has 0 radical (unpaired) electrons. The van der Waals surface area contributed by atoms with Crippen LogP contribution in [0.2, 0.25) is 5.02 Å². The molecule has 114 valence electrons. The third-order valence-corrected chi connectivity index (χ3v) is 4.92. The molecule has 0 aliphatic rings. The fourth-order valence-corrected chi connectivity index (χ4v) is 3.77. The van der Waals surface area contributed by atoms with Gasteiger partial charge in [-0.3, -0.25) is 4.98 Å². The minimum Gasteiger partial charge on any atom is -0.494 e. The van der Waals surface area contributed by atoms with Gasteiger partial charge in [0.2, 0.25) is 0 Å². The number of aromatic amines is 1. The van der Waals surface area contributed by atoms with Crippen LogP contribution in [-0.2, 0) is 0 Å². The maximum absolute atomic E-state index is 12.3. The summed E-state index contributed by atoms with van der Waals surface area (Å²) < 4.78 is 7.61. The second-order valence-electron chi connectivity index (χ2n) is 4.57. The molecule has 0 saturated carbocycles. The van der Waals surface area contributed by atoms with E-state index in [4.69, 9.17) is 16.3 Å². The minimum atomic E-state index is -0.348. The maximum Gasteiger partial charge on any atom is 0.348 e. The molecule has 1 N–H and O–H groups in total. The van der Waals surface area contributed by atoms with E-state index < -0.39 is 0 Å². The molecule has 2 heterocycles. The first-order valence-electron chi connectivity index (χ1n) is 6.29. The summed E-state index contributed by atoms with van der Waals surface area (Å²) in [5.41, 5.74) is 0.996. The van der Waals surface area contributed by atoms with E-state index in [1.807, 2.05) is 19.1 Å². The maximum atomic E-state index is 12.3. The lowest BCUT2D eigenvalue weighted by atomic mass is 10.2. The Balaban J connectivity index is 2.18.